The summed E-state index contributed by atoms with van der Waals surface area (Å²) in [5.41, 5.74) is 3.09. The van der Waals surface area contributed by atoms with Crippen molar-refractivity contribution >= 4 is 29.1 Å². The van der Waals surface area contributed by atoms with Gasteiger partial charge in [-0.1, -0.05) is 67.6 Å². The molecular weight excluding hydrogens is 433 g/mol. The van der Waals surface area contributed by atoms with Crippen molar-refractivity contribution in [2.75, 3.05) is 0 Å². The van der Waals surface area contributed by atoms with Crippen LogP contribution in [0.1, 0.15) is 30.0 Å². The average Bonchev–Trinajstić information content (AvgIpc) is 3.29. The second-order valence-electron chi connectivity index (χ2n) is 7.20. The fourth-order valence-electron chi connectivity index (χ4n) is 3.31. The number of aromatic carboxylic acids is 1. The van der Waals surface area contributed by atoms with Gasteiger partial charge in [-0.2, -0.15) is 9.78 Å². The summed E-state index contributed by atoms with van der Waals surface area (Å²) in [5.74, 6) is -1.58. The molecule has 0 saturated carbocycles. The molecule has 0 radical (unpaired) electrons. The summed E-state index contributed by atoms with van der Waals surface area (Å²) < 4.78 is 16.2. The van der Waals surface area contributed by atoms with Gasteiger partial charge in [-0.15, -0.1) is 11.8 Å². The first-order chi connectivity index (χ1) is 14.8. The number of carboxylic acid groups (broad SMARTS) is 1. The summed E-state index contributed by atoms with van der Waals surface area (Å²) >= 11 is 3.08. The van der Waals surface area contributed by atoms with Crippen LogP contribution in [0.3, 0.4) is 0 Å². The van der Waals surface area contributed by atoms with Crippen LogP contribution in [0, 0.1) is 12.7 Å². The van der Waals surface area contributed by atoms with Crippen molar-refractivity contribution in [1.82, 2.24) is 14.8 Å². The minimum atomic E-state index is -1.14. The summed E-state index contributed by atoms with van der Waals surface area (Å²) in [7, 11) is 0. The Morgan fingerprint density at radius 2 is 1.84 bits per heavy atom. The lowest BCUT2D eigenvalue weighted by atomic mass is 10.0. The van der Waals surface area contributed by atoms with E-state index >= 15 is 0 Å². The van der Waals surface area contributed by atoms with E-state index in [1.165, 1.54) is 28.2 Å². The zero-order valence-corrected chi connectivity index (χ0v) is 18.8. The van der Waals surface area contributed by atoms with Gasteiger partial charge >= 0.3 is 5.97 Å². The molecule has 1 N–H and O–H groups in total. The number of rotatable bonds is 6. The molecule has 0 aliphatic carbocycles. The molecule has 0 spiro atoms. The lowest BCUT2D eigenvalue weighted by Gasteiger charge is -2.04. The van der Waals surface area contributed by atoms with E-state index in [2.05, 4.69) is 18.9 Å². The number of hydrogen-bond donors (Lipinski definition) is 1. The number of thiazole rings is 1. The number of aryl methyl sites for hydroxylation is 1. The molecule has 0 saturated heterocycles. The Labute approximate surface area is 187 Å². The van der Waals surface area contributed by atoms with E-state index in [-0.39, 0.29) is 5.69 Å². The van der Waals surface area contributed by atoms with E-state index in [4.69, 9.17) is 4.98 Å². The fourth-order valence-corrected chi connectivity index (χ4v) is 5.79. The molecule has 0 aliphatic rings. The summed E-state index contributed by atoms with van der Waals surface area (Å²) in [6.07, 6.45) is 0. The summed E-state index contributed by atoms with van der Waals surface area (Å²) in [4.78, 5) is 17.0. The average molecular weight is 454 g/mol. The van der Waals surface area contributed by atoms with Gasteiger partial charge in [0.05, 0.1) is 15.6 Å². The van der Waals surface area contributed by atoms with Gasteiger partial charge in [-0.25, -0.2) is 14.2 Å². The summed E-state index contributed by atoms with van der Waals surface area (Å²) in [6.45, 7) is 5.92. The lowest BCUT2D eigenvalue weighted by Crippen LogP contribution is -2.09. The molecule has 0 aliphatic heterocycles. The largest absolute Gasteiger partial charge is 0.476 e. The van der Waals surface area contributed by atoms with E-state index in [1.807, 2.05) is 30.3 Å². The van der Waals surface area contributed by atoms with E-state index in [1.54, 1.807) is 30.8 Å². The monoisotopic (exact) mass is 453 g/mol. The van der Waals surface area contributed by atoms with Gasteiger partial charge < -0.3 is 5.11 Å². The van der Waals surface area contributed by atoms with E-state index in [9.17, 15) is 14.3 Å². The standard InChI is InChI=1S/C23H20FN3O2S2/c1-13(2)30-22-19(15-8-5-4-6-9-15)25-23(31-22)27-20(21(28)29)18(14(3)26-27)16-10-7-11-17(24)12-16/h4-13H,1-3H3,(H,28,29). The third kappa shape index (κ3) is 4.26. The van der Waals surface area contributed by atoms with Crippen molar-refractivity contribution in [2.45, 2.75) is 30.2 Å². The highest BCUT2D eigenvalue weighted by molar-refractivity contribution is 8.01. The first-order valence-electron chi connectivity index (χ1n) is 9.67. The zero-order valence-electron chi connectivity index (χ0n) is 17.2. The van der Waals surface area contributed by atoms with Crippen LogP contribution in [-0.2, 0) is 0 Å². The van der Waals surface area contributed by atoms with E-state index < -0.39 is 11.8 Å². The summed E-state index contributed by atoms with van der Waals surface area (Å²) in [5, 5.41) is 15.3. The Morgan fingerprint density at radius 1 is 1.13 bits per heavy atom. The van der Waals surface area contributed by atoms with Crippen LogP contribution < -0.4 is 0 Å². The smallest absolute Gasteiger partial charge is 0.355 e. The summed E-state index contributed by atoms with van der Waals surface area (Å²) in [6, 6.07) is 15.7. The third-order valence-electron chi connectivity index (χ3n) is 4.53. The number of carbonyl (C=O) groups is 1. The van der Waals surface area contributed by atoms with Crippen molar-refractivity contribution < 1.29 is 14.3 Å². The molecular formula is C23H20FN3O2S2. The highest BCUT2D eigenvalue weighted by Crippen LogP contribution is 2.40. The molecule has 0 atom stereocenters. The maximum Gasteiger partial charge on any atom is 0.355 e. The van der Waals surface area contributed by atoms with Crippen molar-refractivity contribution in [3.05, 3.63) is 71.8 Å². The predicted octanol–water partition coefficient (Wildman–Crippen LogP) is 6.31. The van der Waals surface area contributed by atoms with Crippen molar-refractivity contribution in [2.24, 2.45) is 0 Å². The normalized spacial score (nSPS) is 11.3. The second kappa shape index (κ2) is 8.64. The van der Waals surface area contributed by atoms with Crippen LogP contribution in [0.4, 0.5) is 4.39 Å². The number of aromatic nitrogens is 3. The van der Waals surface area contributed by atoms with Crippen LogP contribution in [0.2, 0.25) is 0 Å². The molecule has 2 aromatic carbocycles. The number of hydrogen-bond acceptors (Lipinski definition) is 5. The molecule has 4 aromatic rings. The predicted molar refractivity (Wildman–Crippen MR) is 123 cm³/mol. The Morgan fingerprint density at radius 3 is 2.48 bits per heavy atom. The third-order valence-corrected chi connectivity index (χ3v) is 6.78. The number of thioether (sulfide) groups is 1. The molecule has 8 heteroatoms. The number of benzene rings is 2. The molecule has 158 valence electrons. The van der Waals surface area contributed by atoms with Gasteiger partial charge in [0.25, 0.3) is 0 Å². The number of halogens is 1. The molecule has 5 nitrogen and oxygen atoms in total. The highest BCUT2D eigenvalue weighted by Gasteiger charge is 2.26. The van der Waals surface area contributed by atoms with Crippen LogP contribution in [0.5, 0.6) is 0 Å². The quantitative estimate of drug-likeness (QED) is 0.347. The number of nitrogens with zero attached hydrogens (tertiary/aromatic N) is 3. The topological polar surface area (TPSA) is 68.0 Å². The van der Waals surface area contributed by atoms with Crippen LogP contribution in [-0.4, -0.2) is 31.1 Å². The second-order valence-corrected chi connectivity index (χ2v) is 10.0. The molecule has 2 heterocycles. The molecule has 0 unspecified atom stereocenters. The maximum atomic E-state index is 13.8. The van der Waals surface area contributed by atoms with Crippen molar-refractivity contribution in [1.29, 1.82) is 0 Å². The van der Waals surface area contributed by atoms with Gasteiger partial charge in [0, 0.05) is 16.4 Å². The number of carboxylic acids is 1. The Kier molecular flexibility index (Phi) is 5.93. The Hall–Kier alpha value is -2.97. The van der Waals surface area contributed by atoms with Gasteiger partial charge in [0.15, 0.2) is 5.69 Å². The van der Waals surface area contributed by atoms with Gasteiger partial charge in [0.2, 0.25) is 5.13 Å². The van der Waals surface area contributed by atoms with Gasteiger partial charge in [-0.05, 0) is 24.6 Å². The van der Waals surface area contributed by atoms with Crippen LogP contribution in [0.15, 0.2) is 58.8 Å². The fraction of sp³-hybridized carbons (Fsp3) is 0.174. The first kappa shape index (κ1) is 21.3. The first-order valence-corrected chi connectivity index (χ1v) is 11.4. The Balaban J connectivity index is 1.92. The maximum absolute atomic E-state index is 13.8. The zero-order chi connectivity index (χ0) is 22.1. The highest BCUT2D eigenvalue weighted by atomic mass is 32.2. The molecule has 2 aromatic heterocycles. The lowest BCUT2D eigenvalue weighted by molar-refractivity contribution is 0.0688. The van der Waals surface area contributed by atoms with Gasteiger partial charge in [0.1, 0.15) is 5.82 Å². The van der Waals surface area contributed by atoms with E-state index in [0.29, 0.717) is 27.2 Å². The molecule has 0 fully saturated rings. The van der Waals surface area contributed by atoms with Crippen LogP contribution >= 0.6 is 23.1 Å². The molecule has 31 heavy (non-hydrogen) atoms. The molecule has 4 rings (SSSR count). The van der Waals surface area contributed by atoms with Gasteiger partial charge in [-0.3, -0.25) is 0 Å². The minimum absolute atomic E-state index is 0.0300. The molecule has 0 amide bonds. The van der Waals surface area contributed by atoms with Crippen molar-refractivity contribution in [3.63, 3.8) is 0 Å². The minimum Gasteiger partial charge on any atom is -0.476 e. The molecule has 0 bridgehead atoms. The Bertz CT molecular complexity index is 1250. The van der Waals surface area contributed by atoms with E-state index in [0.717, 1.165) is 15.5 Å². The SMILES string of the molecule is Cc1nn(-c2nc(-c3ccccc3)c(SC(C)C)s2)c(C(=O)O)c1-c1cccc(F)c1. The van der Waals surface area contributed by atoms with Crippen LogP contribution in [0.25, 0.3) is 27.5 Å². The van der Waals surface area contributed by atoms with Crippen molar-refractivity contribution in [3.8, 4) is 27.5 Å².